The van der Waals surface area contributed by atoms with Gasteiger partial charge in [-0.2, -0.15) is 0 Å². The minimum absolute atomic E-state index is 0.115. The van der Waals surface area contributed by atoms with Gasteiger partial charge in [-0.1, -0.05) is 27.7 Å². The highest BCUT2D eigenvalue weighted by Gasteiger charge is 2.26. The SMILES string of the molecule is CC(C)CN1CCN(C(=O)C(N)C(C)C)CC1. The zero-order valence-corrected chi connectivity index (χ0v) is 11.6. The minimum Gasteiger partial charge on any atom is -0.339 e. The maximum Gasteiger partial charge on any atom is 0.239 e. The molecular weight excluding hydrogens is 214 g/mol. The smallest absolute Gasteiger partial charge is 0.239 e. The third-order valence-corrected chi connectivity index (χ3v) is 3.31. The van der Waals surface area contributed by atoms with Crippen molar-refractivity contribution in [1.29, 1.82) is 0 Å². The van der Waals surface area contributed by atoms with E-state index in [4.69, 9.17) is 5.73 Å². The van der Waals surface area contributed by atoms with Crippen molar-refractivity contribution in [1.82, 2.24) is 9.80 Å². The monoisotopic (exact) mass is 241 g/mol. The molecule has 1 fully saturated rings. The average Bonchev–Trinajstić information content (AvgIpc) is 2.27. The number of rotatable bonds is 4. The summed E-state index contributed by atoms with van der Waals surface area (Å²) in [5.41, 5.74) is 5.90. The summed E-state index contributed by atoms with van der Waals surface area (Å²) in [6.07, 6.45) is 0. The van der Waals surface area contributed by atoms with Gasteiger partial charge in [0.2, 0.25) is 5.91 Å². The Balaban J connectivity index is 2.39. The van der Waals surface area contributed by atoms with Crippen molar-refractivity contribution in [3.8, 4) is 0 Å². The molecule has 1 saturated heterocycles. The number of piperazine rings is 1. The van der Waals surface area contributed by atoms with E-state index in [1.807, 2.05) is 18.7 Å². The van der Waals surface area contributed by atoms with Gasteiger partial charge in [0.25, 0.3) is 0 Å². The summed E-state index contributed by atoms with van der Waals surface area (Å²) < 4.78 is 0. The molecule has 1 aliphatic heterocycles. The van der Waals surface area contributed by atoms with Gasteiger partial charge in [-0.25, -0.2) is 0 Å². The first-order valence-corrected chi connectivity index (χ1v) is 6.68. The van der Waals surface area contributed by atoms with Crippen molar-refractivity contribution in [2.24, 2.45) is 17.6 Å². The maximum atomic E-state index is 12.1. The fraction of sp³-hybridized carbons (Fsp3) is 0.923. The lowest BCUT2D eigenvalue weighted by atomic mass is 10.0. The van der Waals surface area contributed by atoms with Gasteiger partial charge in [-0.15, -0.1) is 0 Å². The van der Waals surface area contributed by atoms with Crippen molar-refractivity contribution in [3.05, 3.63) is 0 Å². The topological polar surface area (TPSA) is 49.6 Å². The van der Waals surface area contributed by atoms with E-state index in [0.717, 1.165) is 32.7 Å². The largest absolute Gasteiger partial charge is 0.339 e. The van der Waals surface area contributed by atoms with Gasteiger partial charge in [0.05, 0.1) is 6.04 Å². The summed E-state index contributed by atoms with van der Waals surface area (Å²) in [7, 11) is 0. The highest BCUT2D eigenvalue weighted by atomic mass is 16.2. The normalized spacial score (nSPS) is 20.1. The van der Waals surface area contributed by atoms with Gasteiger partial charge < -0.3 is 10.6 Å². The lowest BCUT2D eigenvalue weighted by Gasteiger charge is -2.37. The van der Waals surface area contributed by atoms with Crippen LogP contribution in [0.2, 0.25) is 0 Å². The van der Waals surface area contributed by atoms with Crippen molar-refractivity contribution in [2.45, 2.75) is 33.7 Å². The second-order valence-electron chi connectivity index (χ2n) is 5.79. The number of carbonyl (C=O) groups is 1. The van der Waals surface area contributed by atoms with Crippen LogP contribution in [0.5, 0.6) is 0 Å². The van der Waals surface area contributed by atoms with Gasteiger partial charge in [-0.3, -0.25) is 9.69 Å². The van der Waals surface area contributed by atoms with Crippen molar-refractivity contribution < 1.29 is 4.79 Å². The van der Waals surface area contributed by atoms with Crippen LogP contribution < -0.4 is 5.73 Å². The van der Waals surface area contributed by atoms with Crippen LogP contribution >= 0.6 is 0 Å². The average molecular weight is 241 g/mol. The van der Waals surface area contributed by atoms with Crippen LogP contribution in [0.15, 0.2) is 0 Å². The zero-order chi connectivity index (χ0) is 13.0. The predicted molar refractivity (Wildman–Crippen MR) is 70.7 cm³/mol. The van der Waals surface area contributed by atoms with E-state index in [9.17, 15) is 4.79 Å². The van der Waals surface area contributed by atoms with Crippen molar-refractivity contribution in [3.63, 3.8) is 0 Å². The number of amides is 1. The Morgan fingerprint density at radius 3 is 2.06 bits per heavy atom. The lowest BCUT2D eigenvalue weighted by molar-refractivity contribution is -0.135. The van der Waals surface area contributed by atoms with E-state index in [0.29, 0.717) is 5.92 Å². The molecule has 100 valence electrons. The van der Waals surface area contributed by atoms with Crippen LogP contribution in [0, 0.1) is 11.8 Å². The molecule has 0 aromatic carbocycles. The molecule has 0 aliphatic carbocycles. The van der Waals surface area contributed by atoms with Gasteiger partial charge >= 0.3 is 0 Å². The molecule has 0 aromatic heterocycles. The molecule has 1 atom stereocenters. The number of nitrogens with zero attached hydrogens (tertiary/aromatic N) is 2. The Morgan fingerprint density at radius 1 is 1.12 bits per heavy atom. The summed E-state index contributed by atoms with van der Waals surface area (Å²) in [4.78, 5) is 16.4. The lowest BCUT2D eigenvalue weighted by Crippen LogP contribution is -2.54. The van der Waals surface area contributed by atoms with Crippen molar-refractivity contribution in [2.75, 3.05) is 32.7 Å². The van der Waals surface area contributed by atoms with E-state index in [1.165, 1.54) is 0 Å². The standard InChI is InChI=1S/C13H27N3O/c1-10(2)9-15-5-7-16(8-6-15)13(17)12(14)11(3)4/h10-12H,5-9,14H2,1-4H3. The van der Waals surface area contributed by atoms with E-state index in [1.54, 1.807) is 0 Å². The molecule has 1 rings (SSSR count). The Morgan fingerprint density at radius 2 is 1.65 bits per heavy atom. The summed E-state index contributed by atoms with van der Waals surface area (Å²) in [6.45, 7) is 13.2. The molecule has 0 aromatic rings. The number of hydrogen-bond acceptors (Lipinski definition) is 3. The molecule has 0 bridgehead atoms. The summed E-state index contributed by atoms with van der Waals surface area (Å²) >= 11 is 0. The van der Waals surface area contributed by atoms with Crippen LogP contribution in [-0.4, -0.2) is 54.5 Å². The Bertz CT molecular complexity index is 245. The van der Waals surface area contributed by atoms with Crippen LogP contribution in [0.3, 0.4) is 0 Å². The molecule has 1 aliphatic rings. The highest BCUT2D eigenvalue weighted by molar-refractivity contribution is 5.82. The van der Waals surface area contributed by atoms with E-state index in [-0.39, 0.29) is 17.9 Å². The second kappa shape index (κ2) is 6.36. The van der Waals surface area contributed by atoms with E-state index < -0.39 is 0 Å². The first-order valence-electron chi connectivity index (χ1n) is 6.68. The quantitative estimate of drug-likeness (QED) is 0.791. The highest BCUT2D eigenvalue weighted by Crippen LogP contribution is 2.09. The molecule has 0 saturated carbocycles. The molecule has 1 amide bonds. The van der Waals surface area contributed by atoms with Crippen LogP contribution in [0.25, 0.3) is 0 Å². The molecule has 4 heteroatoms. The minimum atomic E-state index is -0.341. The predicted octanol–water partition coefficient (Wildman–Crippen LogP) is 0.770. The van der Waals surface area contributed by atoms with Crippen LogP contribution in [0.1, 0.15) is 27.7 Å². The summed E-state index contributed by atoms with van der Waals surface area (Å²) in [6, 6.07) is -0.341. The fourth-order valence-corrected chi connectivity index (χ4v) is 2.16. The Kier molecular flexibility index (Phi) is 5.40. The first kappa shape index (κ1) is 14.5. The molecule has 4 nitrogen and oxygen atoms in total. The molecule has 0 spiro atoms. The summed E-state index contributed by atoms with van der Waals surface area (Å²) in [5, 5.41) is 0. The third kappa shape index (κ3) is 4.28. The third-order valence-electron chi connectivity index (χ3n) is 3.31. The first-order chi connectivity index (χ1) is 7.91. The Labute approximate surface area is 105 Å². The Hall–Kier alpha value is -0.610. The number of nitrogens with two attached hydrogens (primary N) is 1. The molecule has 1 unspecified atom stereocenters. The second-order valence-corrected chi connectivity index (χ2v) is 5.79. The van der Waals surface area contributed by atoms with Crippen LogP contribution in [0.4, 0.5) is 0 Å². The van der Waals surface area contributed by atoms with Gasteiger partial charge in [0.1, 0.15) is 0 Å². The molecule has 0 radical (unpaired) electrons. The summed E-state index contributed by atoms with van der Waals surface area (Å²) in [5.74, 6) is 1.02. The van der Waals surface area contributed by atoms with Gasteiger partial charge in [-0.05, 0) is 11.8 Å². The molecule has 2 N–H and O–H groups in total. The molecule has 17 heavy (non-hydrogen) atoms. The molecular formula is C13H27N3O. The van der Waals surface area contributed by atoms with E-state index >= 15 is 0 Å². The van der Waals surface area contributed by atoms with Crippen LogP contribution in [-0.2, 0) is 4.79 Å². The van der Waals surface area contributed by atoms with Gasteiger partial charge in [0.15, 0.2) is 0 Å². The maximum absolute atomic E-state index is 12.1. The zero-order valence-electron chi connectivity index (χ0n) is 11.6. The van der Waals surface area contributed by atoms with Crippen molar-refractivity contribution >= 4 is 5.91 Å². The number of hydrogen-bond donors (Lipinski definition) is 1. The molecule has 1 heterocycles. The van der Waals surface area contributed by atoms with Gasteiger partial charge in [0, 0.05) is 32.7 Å². The van der Waals surface area contributed by atoms with E-state index in [2.05, 4.69) is 18.7 Å². The fourth-order valence-electron chi connectivity index (χ4n) is 2.16. The number of carbonyl (C=O) groups excluding carboxylic acids is 1.